The molecule has 2 N–H and O–H groups in total. The van der Waals surface area contributed by atoms with Crippen LogP contribution in [0.5, 0.6) is 0 Å². The largest absolute Gasteiger partial charge is 0.443 e. The van der Waals surface area contributed by atoms with Gasteiger partial charge in [0.05, 0.1) is 24.3 Å². The van der Waals surface area contributed by atoms with E-state index in [0.29, 0.717) is 17.5 Å². The molecule has 0 bridgehead atoms. The monoisotopic (exact) mass is 635 g/mol. The number of nitrogens with one attached hydrogen (secondary N) is 2. The van der Waals surface area contributed by atoms with E-state index in [0.717, 1.165) is 25.7 Å². The predicted octanol–water partition coefficient (Wildman–Crippen LogP) is 4.55. The zero-order chi connectivity index (χ0) is 32.8. The molecule has 0 aromatic carbocycles. The Hall–Kier alpha value is -3.91. The first-order valence-corrected chi connectivity index (χ1v) is 15.3. The van der Waals surface area contributed by atoms with Gasteiger partial charge in [-0.3, -0.25) is 23.7 Å². The van der Waals surface area contributed by atoms with Crippen molar-refractivity contribution in [3.8, 4) is 0 Å². The van der Waals surface area contributed by atoms with Gasteiger partial charge in [0.1, 0.15) is 23.4 Å². The number of hydrogen-bond donors (Lipinski definition) is 2. The third kappa shape index (κ3) is 7.50. The van der Waals surface area contributed by atoms with Crippen molar-refractivity contribution in [3.05, 3.63) is 30.4 Å². The van der Waals surface area contributed by atoms with E-state index >= 15 is 0 Å². The van der Waals surface area contributed by atoms with E-state index < -0.39 is 60.0 Å². The second-order valence-electron chi connectivity index (χ2n) is 13.6. The van der Waals surface area contributed by atoms with E-state index in [1.807, 2.05) is 13.8 Å². The second kappa shape index (κ2) is 12.1. The van der Waals surface area contributed by atoms with Crippen LogP contribution in [-0.4, -0.2) is 72.1 Å². The summed E-state index contributed by atoms with van der Waals surface area (Å²) in [7, 11) is 0. The molecule has 0 spiro atoms. The van der Waals surface area contributed by atoms with E-state index in [1.54, 1.807) is 10.7 Å². The number of carbonyl (C=O) groups excluding carboxylic acids is 4. The zero-order valence-electron chi connectivity index (χ0n) is 26.0. The lowest BCUT2D eigenvalue weighted by Crippen LogP contribution is -2.50. The van der Waals surface area contributed by atoms with Gasteiger partial charge in [0, 0.05) is 18.4 Å². The van der Waals surface area contributed by atoms with Crippen LogP contribution in [0, 0.1) is 23.7 Å². The van der Waals surface area contributed by atoms with E-state index in [4.69, 9.17) is 4.74 Å². The Balaban J connectivity index is 1.29. The Morgan fingerprint density at radius 2 is 1.71 bits per heavy atom. The fraction of sp³-hybridized carbons (Fsp3) is 0.667. The van der Waals surface area contributed by atoms with E-state index in [2.05, 4.69) is 20.8 Å². The number of halogens is 3. The SMILES string of the molecule is CC(C)n1nccc1C(=O)N[C@H](C(=O)Nc1cnn(C[C@@H]2C[C@H](C(F)(F)F)N(C(=O)OC(C)(C)C)C2=O)c1)C(C1CC1)C1CC1. The summed E-state index contributed by atoms with van der Waals surface area (Å²) in [6.45, 7) is 8.06. The number of hydrogen-bond acceptors (Lipinski definition) is 7. The van der Waals surface area contributed by atoms with Crippen LogP contribution < -0.4 is 10.6 Å². The molecule has 3 aliphatic rings. The molecule has 2 aromatic heterocycles. The fourth-order valence-electron chi connectivity index (χ4n) is 6.11. The zero-order valence-corrected chi connectivity index (χ0v) is 26.0. The Bertz CT molecular complexity index is 1430. The van der Waals surface area contributed by atoms with Crippen molar-refractivity contribution < 1.29 is 37.1 Å². The molecule has 2 saturated carbocycles. The summed E-state index contributed by atoms with van der Waals surface area (Å²) in [6, 6.07) is -1.59. The van der Waals surface area contributed by atoms with E-state index in [9.17, 15) is 32.3 Å². The lowest BCUT2D eigenvalue weighted by molar-refractivity contribution is -0.177. The Morgan fingerprint density at radius 3 is 2.27 bits per heavy atom. The Labute approximate surface area is 259 Å². The number of ether oxygens (including phenoxy) is 1. The molecule has 246 valence electrons. The first-order valence-electron chi connectivity index (χ1n) is 15.3. The second-order valence-corrected chi connectivity index (χ2v) is 13.6. The number of rotatable bonds is 10. The van der Waals surface area contributed by atoms with Gasteiger partial charge >= 0.3 is 12.3 Å². The quantitative estimate of drug-likeness (QED) is 0.390. The number of nitrogens with zero attached hydrogens (tertiary/aromatic N) is 5. The number of likely N-dealkylation sites (tertiary alicyclic amines) is 1. The Kier molecular flexibility index (Phi) is 8.75. The predicted molar refractivity (Wildman–Crippen MR) is 155 cm³/mol. The topological polar surface area (TPSA) is 140 Å². The maximum Gasteiger partial charge on any atom is 0.417 e. The summed E-state index contributed by atoms with van der Waals surface area (Å²) in [4.78, 5) is 52.8. The lowest BCUT2D eigenvalue weighted by atomic mass is 9.88. The average molecular weight is 636 g/mol. The highest BCUT2D eigenvalue weighted by Gasteiger charge is 2.56. The molecule has 0 unspecified atom stereocenters. The summed E-state index contributed by atoms with van der Waals surface area (Å²) in [6.07, 6.45) is 1.39. The lowest BCUT2D eigenvalue weighted by Gasteiger charge is -2.28. The normalized spacial score (nSPS) is 21.4. The van der Waals surface area contributed by atoms with Crippen molar-refractivity contribution >= 4 is 29.5 Å². The minimum Gasteiger partial charge on any atom is -0.443 e. The smallest absolute Gasteiger partial charge is 0.417 e. The van der Waals surface area contributed by atoms with E-state index in [1.165, 1.54) is 44.0 Å². The molecule has 2 aliphatic carbocycles. The third-order valence-corrected chi connectivity index (χ3v) is 8.36. The van der Waals surface area contributed by atoms with Gasteiger partial charge in [0.25, 0.3) is 5.91 Å². The first kappa shape index (κ1) is 32.5. The van der Waals surface area contributed by atoms with Gasteiger partial charge in [-0.1, -0.05) is 0 Å². The highest BCUT2D eigenvalue weighted by molar-refractivity contribution is 6.00. The molecular weight excluding hydrogens is 595 g/mol. The number of anilines is 1. The fourth-order valence-corrected chi connectivity index (χ4v) is 6.11. The molecule has 45 heavy (non-hydrogen) atoms. The van der Waals surface area contributed by atoms with Crippen LogP contribution in [0.1, 0.15) is 83.3 Å². The van der Waals surface area contributed by atoms with Gasteiger partial charge in [0.2, 0.25) is 11.8 Å². The molecule has 1 aliphatic heterocycles. The van der Waals surface area contributed by atoms with Crippen LogP contribution in [0.4, 0.5) is 23.7 Å². The molecule has 3 fully saturated rings. The van der Waals surface area contributed by atoms with Gasteiger partial charge in [-0.05, 0) is 90.5 Å². The van der Waals surface area contributed by atoms with Gasteiger partial charge in [-0.2, -0.15) is 23.4 Å². The van der Waals surface area contributed by atoms with Crippen molar-refractivity contribution in [2.45, 2.75) is 103 Å². The van der Waals surface area contributed by atoms with Crippen LogP contribution in [0.15, 0.2) is 24.7 Å². The molecule has 2 aromatic rings. The van der Waals surface area contributed by atoms with Crippen molar-refractivity contribution in [3.63, 3.8) is 0 Å². The highest BCUT2D eigenvalue weighted by Crippen LogP contribution is 2.51. The maximum atomic E-state index is 13.8. The minimum absolute atomic E-state index is 0.0336. The van der Waals surface area contributed by atoms with Gasteiger partial charge in [-0.25, -0.2) is 9.69 Å². The number of carbonyl (C=O) groups is 4. The summed E-state index contributed by atoms with van der Waals surface area (Å²) in [5.74, 6) is -2.41. The standard InChI is InChI=1S/C30H40F3N7O5/c1-16(2)40-21(10-11-34-40)25(41)37-24(23(17-6-7-17)18-8-9-18)26(42)36-20-13-35-38(15-20)14-19-12-22(30(31,32)33)39(27(19)43)28(44)45-29(3,4)5/h10-11,13,15-19,22-24H,6-9,12,14H2,1-5H3,(H,36,42)(H,37,41)/t19-,22+,24-/m0/s1. The molecule has 0 radical (unpaired) electrons. The van der Waals surface area contributed by atoms with Crippen molar-refractivity contribution in [2.75, 3.05) is 5.32 Å². The van der Waals surface area contributed by atoms with Crippen LogP contribution in [0.25, 0.3) is 0 Å². The molecule has 3 atom stereocenters. The van der Waals surface area contributed by atoms with Crippen LogP contribution in [-0.2, 0) is 20.9 Å². The van der Waals surface area contributed by atoms with E-state index in [-0.39, 0.29) is 29.1 Å². The summed E-state index contributed by atoms with van der Waals surface area (Å²) >= 11 is 0. The number of alkyl halides is 3. The van der Waals surface area contributed by atoms with Crippen molar-refractivity contribution in [1.29, 1.82) is 0 Å². The Morgan fingerprint density at radius 1 is 1.07 bits per heavy atom. The molecule has 3 heterocycles. The van der Waals surface area contributed by atoms with Gasteiger partial charge < -0.3 is 15.4 Å². The number of amides is 4. The molecule has 12 nitrogen and oxygen atoms in total. The molecule has 1 saturated heterocycles. The highest BCUT2D eigenvalue weighted by atomic mass is 19.4. The van der Waals surface area contributed by atoms with Crippen molar-refractivity contribution in [2.24, 2.45) is 23.7 Å². The third-order valence-electron chi connectivity index (χ3n) is 8.36. The first-order chi connectivity index (χ1) is 21.0. The van der Waals surface area contributed by atoms with Crippen molar-refractivity contribution in [1.82, 2.24) is 29.8 Å². The summed E-state index contributed by atoms with van der Waals surface area (Å²) in [5, 5.41) is 14.1. The summed E-state index contributed by atoms with van der Waals surface area (Å²) < 4.78 is 49.4. The number of imide groups is 1. The maximum absolute atomic E-state index is 13.8. The number of aromatic nitrogens is 4. The molecule has 5 rings (SSSR count). The van der Waals surface area contributed by atoms with Gasteiger partial charge in [-0.15, -0.1) is 0 Å². The molecular formula is C30H40F3N7O5. The van der Waals surface area contributed by atoms with Crippen LogP contribution in [0.2, 0.25) is 0 Å². The average Bonchev–Trinajstić information content (AvgIpc) is 3.81. The summed E-state index contributed by atoms with van der Waals surface area (Å²) in [5.41, 5.74) is -0.482. The molecule has 15 heteroatoms. The molecule has 4 amide bonds. The van der Waals surface area contributed by atoms with Crippen LogP contribution >= 0.6 is 0 Å². The van der Waals surface area contributed by atoms with Gasteiger partial charge in [0.15, 0.2) is 0 Å². The minimum atomic E-state index is -4.84. The van der Waals surface area contributed by atoms with Crippen LogP contribution in [0.3, 0.4) is 0 Å².